The van der Waals surface area contributed by atoms with Crippen molar-refractivity contribution in [2.45, 2.75) is 31.7 Å². The molecule has 3 nitrogen and oxygen atoms in total. The van der Waals surface area contributed by atoms with Crippen LogP contribution in [0.4, 0.5) is 10.1 Å². The smallest absolute Gasteiger partial charge is 0.161 e. The van der Waals surface area contributed by atoms with Gasteiger partial charge in [-0.1, -0.05) is 0 Å². The van der Waals surface area contributed by atoms with E-state index in [0.29, 0.717) is 11.3 Å². The summed E-state index contributed by atoms with van der Waals surface area (Å²) in [5, 5.41) is 17.8. The van der Waals surface area contributed by atoms with Gasteiger partial charge in [0, 0.05) is 19.2 Å². The molecule has 0 saturated carbocycles. The molecule has 1 aliphatic heterocycles. The average Bonchev–Trinajstić information content (AvgIpc) is 2.87. The van der Waals surface area contributed by atoms with Gasteiger partial charge in [-0.3, -0.25) is 0 Å². The second-order valence-electron chi connectivity index (χ2n) is 4.73. The van der Waals surface area contributed by atoms with E-state index in [1.165, 1.54) is 0 Å². The zero-order valence-electron chi connectivity index (χ0n) is 10.6. The van der Waals surface area contributed by atoms with Gasteiger partial charge in [-0.05, 0) is 53.7 Å². The minimum atomic E-state index is -0.366. The molecule has 1 aromatic carbocycles. The maximum Gasteiger partial charge on any atom is 0.161 e. The number of aliphatic hydroxyl groups excluding tert-OH is 1. The van der Waals surface area contributed by atoms with Gasteiger partial charge in [0.1, 0.15) is 6.07 Å². The third-order valence-corrected chi connectivity index (χ3v) is 4.34. The van der Waals surface area contributed by atoms with E-state index >= 15 is 0 Å². The highest BCUT2D eigenvalue weighted by Gasteiger charge is 2.27. The van der Waals surface area contributed by atoms with E-state index in [-0.39, 0.29) is 22.9 Å². The quantitative estimate of drug-likeness (QED) is 0.924. The van der Waals surface area contributed by atoms with Crippen LogP contribution < -0.4 is 4.90 Å². The van der Waals surface area contributed by atoms with E-state index in [4.69, 9.17) is 10.4 Å². The minimum Gasteiger partial charge on any atom is -0.396 e. The number of nitrogens with zero attached hydrogens (tertiary/aromatic N) is 2. The fraction of sp³-hybridized carbons (Fsp3) is 0.500. The van der Waals surface area contributed by atoms with Crippen molar-refractivity contribution < 1.29 is 9.50 Å². The number of halogens is 2. The number of rotatable bonds is 4. The molecule has 1 atom stereocenters. The van der Waals surface area contributed by atoms with Gasteiger partial charge in [0.15, 0.2) is 5.82 Å². The van der Waals surface area contributed by atoms with Gasteiger partial charge in [0.25, 0.3) is 0 Å². The molecule has 2 rings (SSSR count). The van der Waals surface area contributed by atoms with Crippen molar-refractivity contribution in [3.8, 4) is 6.07 Å². The van der Waals surface area contributed by atoms with Crippen molar-refractivity contribution in [1.82, 2.24) is 0 Å². The van der Waals surface area contributed by atoms with Crippen LogP contribution in [0.25, 0.3) is 0 Å². The van der Waals surface area contributed by atoms with Crippen LogP contribution in [0, 0.1) is 17.1 Å². The minimum absolute atomic E-state index is 0.171. The molecule has 1 heterocycles. The summed E-state index contributed by atoms with van der Waals surface area (Å²) in [6.07, 6.45) is 3.66. The van der Waals surface area contributed by atoms with Crippen molar-refractivity contribution in [3.63, 3.8) is 0 Å². The summed E-state index contributed by atoms with van der Waals surface area (Å²) in [5.74, 6) is -0.366. The van der Waals surface area contributed by atoms with Gasteiger partial charge in [-0.2, -0.15) is 5.26 Å². The van der Waals surface area contributed by atoms with E-state index < -0.39 is 0 Å². The second kappa shape index (κ2) is 6.36. The Morgan fingerprint density at radius 2 is 2.32 bits per heavy atom. The molecule has 0 radical (unpaired) electrons. The number of hydrogen-bond donors (Lipinski definition) is 1. The van der Waals surface area contributed by atoms with Gasteiger partial charge in [-0.25, -0.2) is 4.39 Å². The Labute approximate surface area is 120 Å². The van der Waals surface area contributed by atoms with Crippen molar-refractivity contribution in [2.75, 3.05) is 18.1 Å². The van der Waals surface area contributed by atoms with Crippen LogP contribution in [0.2, 0.25) is 0 Å². The average molecular weight is 327 g/mol. The Balaban J connectivity index is 2.26. The Bertz CT molecular complexity index is 501. The molecule has 19 heavy (non-hydrogen) atoms. The van der Waals surface area contributed by atoms with E-state index in [0.717, 1.165) is 32.2 Å². The maximum absolute atomic E-state index is 14.3. The number of aliphatic hydroxyl groups is 1. The summed E-state index contributed by atoms with van der Waals surface area (Å²) in [6, 6.07) is 5.56. The molecule has 0 aliphatic carbocycles. The predicted molar refractivity (Wildman–Crippen MR) is 75.5 cm³/mol. The summed E-state index contributed by atoms with van der Waals surface area (Å²) in [6.45, 7) is 0.995. The molecule has 1 aliphatic rings. The summed E-state index contributed by atoms with van der Waals surface area (Å²) < 4.78 is 14.5. The summed E-state index contributed by atoms with van der Waals surface area (Å²) in [5.41, 5.74) is 0.860. The van der Waals surface area contributed by atoms with Gasteiger partial charge < -0.3 is 10.0 Å². The number of benzene rings is 1. The van der Waals surface area contributed by atoms with Crippen LogP contribution in [-0.4, -0.2) is 24.3 Å². The van der Waals surface area contributed by atoms with Gasteiger partial charge >= 0.3 is 0 Å². The first-order valence-corrected chi connectivity index (χ1v) is 7.24. The number of nitriles is 1. The van der Waals surface area contributed by atoms with Crippen molar-refractivity contribution in [2.24, 2.45) is 0 Å². The Kier molecular flexibility index (Phi) is 4.78. The molecular weight excluding hydrogens is 311 g/mol. The van der Waals surface area contributed by atoms with E-state index in [2.05, 4.69) is 20.8 Å². The van der Waals surface area contributed by atoms with Crippen LogP contribution in [-0.2, 0) is 0 Å². The van der Waals surface area contributed by atoms with Crippen LogP contribution >= 0.6 is 15.9 Å². The number of hydrogen-bond acceptors (Lipinski definition) is 3. The van der Waals surface area contributed by atoms with Crippen molar-refractivity contribution in [1.29, 1.82) is 5.26 Å². The van der Waals surface area contributed by atoms with Gasteiger partial charge in [-0.15, -0.1) is 0 Å². The molecule has 1 aromatic rings. The van der Waals surface area contributed by atoms with Gasteiger partial charge in [0.2, 0.25) is 0 Å². The first-order valence-electron chi connectivity index (χ1n) is 6.44. The van der Waals surface area contributed by atoms with Crippen LogP contribution in [0.1, 0.15) is 31.2 Å². The fourth-order valence-corrected chi connectivity index (χ4v) is 3.05. The molecule has 0 aromatic heterocycles. The van der Waals surface area contributed by atoms with Gasteiger partial charge in [0.05, 0.1) is 15.7 Å². The summed E-state index contributed by atoms with van der Waals surface area (Å²) >= 11 is 3.15. The molecule has 5 heteroatoms. The topological polar surface area (TPSA) is 47.3 Å². The third-order valence-electron chi connectivity index (χ3n) is 3.56. The Hall–Kier alpha value is -1.12. The predicted octanol–water partition coefficient (Wildman–Crippen LogP) is 3.20. The first kappa shape index (κ1) is 14.3. The molecule has 0 amide bonds. The van der Waals surface area contributed by atoms with Crippen LogP contribution in [0.3, 0.4) is 0 Å². The highest BCUT2D eigenvalue weighted by molar-refractivity contribution is 9.10. The van der Waals surface area contributed by atoms with Crippen LogP contribution in [0.15, 0.2) is 16.6 Å². The lowest BCUT2D eigenvalue weighted by Crippen LogP contribution is -2.30. The maximum atomic E-state index is 14.3. The largest absolute Gasteiger partial charge is 0.396 e. The molecule has 0 bridgehead atoms. The highest BCUT2D eigenvalue weighted by atomic mass is 79.9. The van der Waals surface area contributed by atoms with E-state index in [9.17, 15) is 4.39 Å². The monoisotopic (exact) mass is 326 g/mol. The van der Waals surface area contributed by atoms with E-state index in [1.807, 2.05) is 6.07 Å². The molecule has 102 valence electrons. The molecule has 1 unspecified atom stereocenters. The van der Waals surface area contributed by atoms with Crippen molar-refractivity contribution >= 4 is 21.6 Å². The Morgan fingerprint density at radius 1 is 1.53 bits per heavy atom. The zero-order chi connectivity index (χ0) is 13.8. The highest BCUT2D eigenvalue weighted by Crippen LogP contribution is 2.34. The normalized spacial score (nSPS) is 18.6. The van der Waals surface area contributed by atoms with Crippen LogP contribution in [0.5, 0.6) is 0 Å². The number of anilines is 1. The van der Waals surface area contributed by atoms with Crippen molar-refractivity contribution in [3.05, 3.63) is 28.0 Å². The second-order valence-corrected chi connectivity index (χ2v) is 5.52. The lowest BCUT2D eigenvalue weighted by molar-refractivity contribution is 0.279. The lowest BCUT2D eigenvalue weighted by atomic mass is 10.1. The molecule has 1 N–H and O–H groups in total. The Morgan fingerprint density at radius 3 is 3.00 bits per heavy atom. The standard InChI is InChI=1S/C14H16BrFN2O/c15-13-10(9-17)5-6-12(14(13)16)18-7-1-3-11(18)4-2-8-19/h5-6,11,19H,1-4,7-8H2. The first-order chi connectivity index (χ1) is 9.19. The molecular formula is C14H16BrFN2O. The zero-order valence-corrected chi connectivity index (χ0v) is 12.2. The van der Waals surface area contributed by atoms with E-state index in [1.54, 1.807) is 12.1 Å². The summed E-state index contributed by atoms with van der Waals surface area (Å²) in [7, 11) is 0. The molecule has 1 saturated heterocycles. The summed E-state index contributed by atoms with van der Waals surface area (Å²) in [4.78, 5) is 2.05. The third kappa shape index (κ3) is 2.90. The SMILES string of the molecule is N#Cc1ccc(N2CCCC2CCCO)c(F)c1Br. The fourth-order valence-electron chi connectivity index (χ4n) is 2.63. The lowest BCUT2D eigenvalue weighted by Gasteiger charge is -2.27. The molecule has 0 spiro atoms. The molecule has 1 fully saturated rings.